The third kappa shape index (κ3) is 2.86. The first kappa shape index (κ1) is 13.4. The molecule has 20 heavy (non-hydrogen) atoms. The van der Waals surface area contributed by atoms with Crippen LogP contribution >= 0.6 is 0 Å². The van der Waals surface area contributed by atoms with Gasteiger partial charge in [0.2, 0.25) is 5.88 Å². The Labute approximate surface area is 112 Å². The molecule has 0 aliphatic carbocycles. The van der Waals surface area contributed by atoms with Crippen molar-refractivity contribution in [2.75, 3.05) is 0 Å². The number of nitrogens with two attached hydrogens (primary N) is 1. The molecule has 0 atom stereocenters. The predicted molar refractivity (Wildman–Crippen MR) is 68.4 cm³/mol. The molecule has 0 fully saturated rings. The number of nitrogens with one attached hydrogen (secondary N) is 1. The van der Waals surface area contributed by atoms with Gasteiger partial charge in [0, 0.05) is 23.9 Å². The van der Waals surface area contributed by atoms with E-state index in [1.807, 2.05) is 0 Å². The molecule has 0 amide bonds. The van der Waals surface area contributed by atoms with Gasteiger partial charge in [0.25, 0.3) is 5.69 Å². The Morgan fingerprint density at radius 1 is 1.40 bits per heavy atom. The van der Waals surface area contributed by atoms with E-state index in [0.717, 1.165) is 18.2 Å². The maximum Gasteiger partial charge on any atom is 0.272 e. The lowest BCUT2D eigenvalue weighted by Gasteiger charge is -2.06. The van der Waals surface area contributed by atoms with Crippen LogP contribution in [0.3, 0.4) is 0 Å². The standard InChI is InChI=1S/C12H9FN4O3/c13-9-5-8(17(18)19)2-3-10(9)20-11-4-1-7(6-16-11)12(14)15/h1-6H,(H3,14,15). The summed E-state index contributed by atoms with van der Waals surface area (Å²) < 4.78 is 18.8. The monoisotopic (exact) mass is 276 g/mol. The third-order valence-corrected chi connectivity index (χ3v) is 2.39. The van der Waals surface area contributed by atoms with Crippen LogP contribution in [0.25, 0.3) is 0 Å². The zero-order chi connectivity index (χ0) is 14.7. The Bertz CT molecular complexity index is 673. The molecule has 2 rings (SSSR count). The van der Waals surface area contributed by atoms with E-state index in [4.69, 9.17) is 15.9 Å². The normalized spacial score (nSPS) is 10.1. The first-order chi connectivity index (χ1) is 9.47. The fourth-order valence-electron chi connectivity index (χ4n) is 1.40. The summed E-state index contributed by atoms with van der Waals surface area (Å²) >= 11 is 0. The molecule has 0 saturated carbocycles. The maximum absolute atomic E-state index is 13.6. The Morgan fingerprint density at radius 2 is 2.15 bits per heavy atom. The lowest BCUT2D eigenvalue weighted by Crippen LogP contribution is -2.11. The summed E-state index contributed by atoms with van der Waals surface area (Å²) in [6.07, 6.45) is 1.31. The summed E-state index contributed by atoms with van der Waals surface area (Å²) in [5.41, 5.74) is 5.30. The van der Waals surface area contributed by atoms with Gasteiger partial charge in [-0.15, -0.1) is 0 Å². The second-order valence-electron chi connectivity index (χ2n) is 3.77. The lowest BCUT2D eigenvalue weighted by molar-refractivity contribution is -0.385. The second kappa shape index (κ2) is 5.31. The molecule has 102 valence electrons. The molecule has 0 aliphatic rings. The second-order valence-corrected chi connectivity index (χ2v) is 3.77. The van der Waals surface area contributed by atoms with Crippen molar-refractivity contribution in [1.29, 1.82) is 5.41 Å². The summed E-state index contributed by atoms with van der Waals surface area (Å²) in [6.45, 7) is 0. The number of halogens is 1. The van der Waals surface area contributed by atoms with Crippen LogP contribution in [-0.2, 0) is 0 Å². The molecular formula is C12H9FN4O3. The molecule has 1 aromatic carbocycles. The van der Waals surface area contributed by atoms with Crippen molar-refractivity contribution >= 4 is 11.5 Å². The highest BCUT2D eigenvalue weighted by molar-refractivity contribution is 5.94. The number of nitro benzene ring substituents is 1. The summed E-state index contributed by atoms with van der Waals surface area (Å²) in [6, 6.07) is 5.95. The molecule has 3 N–H and O–H groups in total. The number of nitrogens with zero attached hydrogens (tertiary/aromatic N) is 2. The van der Waals surface area contributed by atoms with Crippen LogP contribution in [-0.4, -0.2) is 15.7 Å². The molecule has 1 aromatic heterocycles. The largest absolute Gasteiger partial charge is 0.436 e. The van der Waals surface area contributed by atoms with Gasteiger partial charge in [0.1, 0.15) is 5.84 Å². The van der Waals surface area contributed by atoms with Crippen molar-refractivity contribution in [3.8, 4) is 11.6 Å². The van der Waals surface area contributed by atoms with Gasteiger partial charge in [-0.25, -0.2) is 9.37 Å². The van der Waals surface area contributed by atoms with E-state index in [-0.39, 0.29) is 23.2 Å². The fourth-order valence-corrected chi connectivity index (χ4v) is 1.40. The number of aromatic nitrogens is 1. The van der Waals surface area contributed by atoms with E-state index in [2.05, 4.69) is 4.98 Å². The molecule has 0 unspecified atom stereocenters. The average molecular weight is 276 g/mol. The van der Waals surface area contributed by atoms with Crippen LogP contribution in [0.15, 0.2) is 36.5 Å². The topological polar surface area (TPSA) is 115 Å². The van der Waals surface area contributed by atoms with Gasteiger partial charge in [-0.05, 0) is 12.1 Å². The zero-order valence-corrected chi connectivity index (χ0v) is 10.0. The van der Waals surface area contributed by atoms with E-state index in [1.165, 1.54) is 18.3 Å². The van der Waals surface area contributed by atoms with Crippen molar-refractivity contribution in [2.45, 2.75) is 0 Å². The van der Waals surface area contributed by atoms with Gasteiger partial charge in [-0.1, -0.05) is 0 Å². The summed E-state index contributed by atoms with van der Waals surface area (Å²) in [4.78, 5) is 13.6. The van der Waals surface area contributed by atoms with Crippen molar-refractivity contribution < 1.29 is 14.1 Å². The van der Waals surface area contributed by atoms with Gasteiger partial charge in [0.15, 0.2) is 11.6 Å². The lowest BCUT2D eigenvalue weighted by atomic mass is 10.2. The molecular weight excluding hydrogens is 267 g/mol. The van der Waals surface area contributed by atoms with Crippen LogP contribution < -0.4 is 10.5 Å². The number of non-ortho nitro benzene ring substituents is 1. The minimum Gasteiger partial charge on any atom is -0.436 e. The van der Waals surface area contributed by atoms with E-state index >= 15 is 0 Å². The number of hydrogen-bond donors (Lipinski definition) is 2. The van der Waals surface area contributed by atoms with Gasteiger partial charge in [0.05, 0.1) is 11.0 Å². The highest BCUT2D eigenvalue weighted by atomic mass is 19.1. The van der Waals surface area contributed by atoms with E-state index < -0.39 is 10.7 Å². The molecule has 2 aromatic rings. The van der Waals surface area contributed by atoms with Gasteiger partial charge in [-0.3, -0.25) is 15.5 Å². The molecule has 7 nitrogen and oxygen atoms in total. The highest BCUT2D eigenvalue weighted by Crippen LogP contribution is 2.26. The quantitative estimate of drug-likeness (QED) is 0.384. The van der Waals surface area contributed by atoms with Crippen molar-refractivity contribution in [1.82, 2.24) is 4.98 Å². The van der Waals surface area contributed by atoms with E-state index in [9.17, 15) is 14.5 Å². The first-order valence-electron chi connectivity index (χ1n) is 5.39. The molecule has 0 spiro atoms. The maximum atomic E-state index is 13.6. The minimum atomic E-state index is -0.864. The highest BCUT2D eigenvalue weighted by Gasteiger charge is 2.12. The Balaban J connectivity index is 2.21. The number of hydrogen-bond acceptors (Lipinski definition) is 5. The van der Waals surface area contributed by atoms with Crippen molar-refractivity contribution in [3.63, 3.8) is 0 Å². The molecule has 0 radical (unpaired) electrons. The van der Waals surface area contributed by atoms with Gasteiger partial charge >= 0.3 is 0 Å². The van der Waals surface area contributed by atoms with Gasteiger partial charge < -0.3 is 10.5 Å². The molecule has 8 heteroatoms. The van der Waals surface area contributed by atoms with Gasteiger partial charge in [-0.2, -0.15) is 0 Å². The van der Waals surface area contributed by atoms with Crippen LogP contribution in [0.1, 0.15) is 5.56 Å². The number of pyridine rings is 1. The minimum absolute atomic E-state index is 0.0859. The first-order valence-corrected chi connectivity index (χ1v) is 5.39. The molecule has 0 aliphatic heterocycles. The number of nitro groups is 1. The Morgan fingerprint density at radius 3 is 2.65 bits per heavy atom. The smallest absolute Gasteiger partial charge is 0.272 e. The fraction of sp³-hybridized carbons (Fsp3) is 0. The summed E-state index contributed by atoms with van der Waals surface area (Å²) in [7, 11) is 0. The number of benzene rings is 1. The number of nitrogen functional groups attached to an aromatic ring is 1. The van der Waals surface area contributed by atoms with Crippen LogP contribution in [0.2, 0.25) is 0 Å². The third-order valence-electron chi connectivity index (χ3n) is 2.39. The molecule has 1 heterocycles. The SMILES string of the molecule is N=C(N)c1ccc(Oc2ccc([N+](=O)[O-])cc2F)nc1. The summed E-state index contributed by atoms with van der Waals surface area (Å²) in [5, 5.41) is 17.7. The Kier molecular flexibility index (Phi) is 3.56. The van der Waals surface area contributed by atoms with Crippen molar-refractivity contribution in [3.05, 3.63) is 58.0 Å². The zero-order valence-electron chi connectivity index (χ0n) is 10.0. The van der Waals surface area contributed by atoms with Crippen LogP contribution in [0, 0.1) is 21.3 Å². The number of rotatable bonds is 4. The van der Waals surface area contributed by atoms with E-state index in [1.54, 1.807) is 0 Å². The molecule has 0 saturated heterocycles. The van der Waals surface area contributed by atoms with Crippen LogP contribution in [0.5, 0.6) is 11.6 Å². The average Bonchev–Trinajstić information content (AvgIpc) is 2.41. The van der Waals surface area contributed by atoms with Crippen molar-refractivity contribution in [2.24, 2.45) is 5.73 Å². The summed E-state index contributed by atoms with van der Waals surface area (Å²) in [5.74, 6) is -1.11. The van der Waals surface area contributed by atoms with Crippen LogP contribution in [0.4, 0.5) is 10.1 Å². The van der Waals surface area contributed by atoms with E-state index in [0.29, 0.717) is 5.56 Å². The number of ether oxygens (including phenoxy) is 1. The predicted octanol–water partition coefficient (Wildman–Crippen LogP) is 2.21. The molecule has 0 bridgehead atoms. The Hall–Kier alpha value is -3.03. The number of amidine groups is 1.